The van der Waals surface area contributed by atoms with Gasteiger partial charge in [-0.05, 0) is 29.7 Å². The van der Waals surface area contributed by atoms with Crippen LogP contribution < -0.4 is 0 Å². The third-order valence-electron chi connectivity index (χ3n) is 3.83. The van der Waals surface area contributed by atoms with Crippen molar-refractivity contribution in [1.29, 1.82) is 5.26 Å². The Morgan fingerprint density at radius 1 is 1.14 bits per heavy atom. The van der Waals surface area contributed by atoms with Crippen LogP contribution in [0.25, 0.3) is 0 Å². The molecule has 4 heteroatoms. The number of thioether (sulfide) groups is 1. The van der Waals surface area contributed by atoms with Gasteiger partial charge in [-0.2, -0.15) is 5.26 Å². The highest BCUT2D eigenvalue weighted by molar-refractivity contribution is 7.99. The second kappa shape index (κ2) is 6.67. The number of hydrogen-bond acceptors (Lipinski definition) is 3. The number of benzene rings is 2. The molecule has 0 atom stereocenters. The summed E-state index contributed by atoms with van der Waals surface area (Å²) in [6.45, 7) is 1.40. The standard InChI is InChI=1S/C18H16N2OS/c19-10-12-22-17-8-4-3-7-16(17)18(21)20-11-9-14-5-1-2-6-15(14)13-20/h1-8H,9,11-13H2. The molecule has 0 saturated carbocycles. The number of rotatable bonds is 3. The lowest BCUT2D eigenvalue weighted by atomic mass is 9.99. The second-order valence-corrected chi connectivity index (χ2v) is 6.21. The van der Waals surface area contributed by atoms with E-state index in [2.05, 4.69) is 18.2 Å². The molecule has 1 amide bonds. The predicted molar refractivity (Wildman–Crippen MR) is 87.7 cm³/mol. The Balaban J connectivity index is 1.82. The van der Waals surface area contributed by atoms with E-state index in [0.29, 0.717) is 17.9 Å². The number of amides is 1. The number of nitrogens with zero attached hydrogens (tertiary/aromatic N) is 2. The zero-order chi connectivity index (χ0) is 15.4. The van der Waals surface area contributed by atoms with Crippen LogP contribution in [0.5, 0.6) is 0 Å². The fourth-order valence-corrected chi connectivity index (χ4v) is 3.42. The molecule has 22 heavy (non-hydrogen) atoms. The minimum absolute atomic E-state index is 0.0514. The quantitative estimate of drug-likeness (QED) is 0.815. The van der Waals surface area contributed by atoms with Crippen molar-refractivity contribution in [3.05, 3.63) is 65.2 Å². The van der Waals surface area contributed by atoms with Gasteiger partial charge in [0.15, 0.2) is 0 Å². The zero-order valence-corrected chi connectivity index (χ0v) is 13.0. The van der Waals surface area contributed by atoms with Crippen LogP contribution in [-0.2, 0) is 13.0 Å². The second-order valence-electron chi connectivity index (χ2n) is 5.19. The van der Waals surface area contributed by atoms with E-state index in [-0.39, 0.29) is 5.91 Å². The molecule has 1 aliphatic heterocycles. The molecule has 0 unspecified atom stereocenters. The van der Waals surface area contributed by atoms with E-state index in [0.717, 1.165) is 17.9 Å². The van der Waals surface area contributed by atoms with E-state index in [1.807, 2.05) is 41.3 Å². The molecule has 0 aliphatic carbocycles. The number of carbonyl (C=O) groups excluding carboxylic acids is 1. The van der Waals surface area contributed by atoms with Gasteiger partial charge in [-0.25, -0.2) is 0 Å². The smallest absolute Gasteiger partial charge is 0.255 e. The predicted octanol–water partition coefficient (Wildman–Crippen LogP) is 3.50. The van der Waals surface area contributed by atoms with E-state index in [1.165, 1.54) is 22.9 Å². The van der Waals surface area contributed by atoms with Crippen molar-refractivity contribution in [1.82, 2.24) is 4.90 Å². The Kier molecular flexibility index (Phi) is 4.45. The van der Waals surface area contributed by atoms with Crippen molar-refractivity contribution in [2.45, 2.75) is 17.9 Å². The summed E-state index contributed by atoms with van der Waals surface area (Å²) in [4.78, 5) is 15.6. The molecule has 0 spiro atoms. The van der Waals surface area contributed by atoms with Gasteiger partial charge in [0.25, 0.3) is 5.91 Å². The highest BCUT2D eigenvalue weighted by Gasteiger charge is 2.23. The van der Waals surface area contributed by atoms with Crippen LogP contribution in [0, 0.1) is 11.3 Å². The van der Waals surface area contributed by atoms with Gasteiger partial charge < -0.3 is 4.90 Å². The van der Waals surface area contributed by atoms with Crippen LogP contribution in [0.4, 0.5) is 0 Å². The molecule has 0 N–H and O–H groups in total. The highest BCUT2D eigenvalue weighted by atomic mass is 32.2. The average Bonchev–Trinajstić information content (AvgIpc) is 2.59. The summed E-state index contributed by atoms with van der Waals surface area (Å²) < 4.78 is 0. The Bertz CT molecular complexity index is 736. The topological polar surface area (TPSA) is 44.1 Å². The monoisotopic (exact) mass is 308 g/mol. The summed E-state index contributed by atoms with van der Waals surface area (Å²) in [6, 6.07) is 17.9. The number of hydrogen-bond donors (Lipinski definition) is 0. The van der Waals surface area contributed by atoms with Gasteiger partial charge in [-0.3, -0.25) is 4.79 Å². The van der Waals surface area contributed by atoms with Gasteiger partial charge in [0.1, 0.15) is 0 Å². The van der Waals surface area contributed by atoms with Crippen LogP contribution in [0.15, 0.2) is 53.4 Å². The molecule has 0 bridgehead atoms. The van der Waals surface area contributed by atoms with Crippen molar-refractivity contribution < 1.29 is 4.79 Å². The Morgan fingerprint density at radius 2 is 1.86 bits per heavy atom. The molecule has 0 radical (unpaired) electrons. The van der Waals surface area contributed by atoms with Gasteiger partial charge >= 0.3 is 0 Å². The third kappa shape index (κ3) is 3.00. The first-order valence-electron chi connectivity index (χ1n) is 7.24. The highest BCUT2D eigenvalue weighted by Crippen LogP contribution is 2.26. The summed E-state index contributed by atoms with van der Waals surface area (Å²) in [5.41, 5.74) is 3.25. The molecule has 1 aliphatic rings. The van der Waals surface area contributed by atoms with Gasteiger partial charge in [0.2, 0.25) is 0 Å². The normalized spacial score (nSPS) is 13.3. The van der Waals surface area contributed by atoms with Crippen LogP contribution in [0.2, 0.25) is 0 Å². The molecule has 0 fully saturated rings. The lowest BCUT2D eigenvalue weighted by molar-refractivity contribution is 0.0731. The van der Waals surface area contributed by atoms with Gasteiger partial charge in [0.05, 0.1) is 17.4 Å². The molecule has 2 aromatic rings. The molecular formula is C18H16N2OS. The SMILES string of the molecule is N#CCSc1ccccc1C(=O)N1CCc2ccccc2C1. The molecule has 2 aromatic carbocycles. The number of fused-ring (bicyclic) bond motifs is 1. The average molecular weight is 308 g/mol. The first-order chi connectivity index (χ1) is 10.8. The van der Waals surface area contributed by atoms with Crippen LogP contribution >= 0.6 is 11.8 Å². The van der Waals surface area contributed by atoms with Gasteiger partial charge in [-0.1, -0.05) is 36.4 Å². The minimum atomic E-state index is 0.0514. The summed E-state index contributed by atoms with van der Waals surface area (Å²) in [6.07, 6.45) is 0.898. The molecule has 3 rings (SSSR count). The van der Waals surface area contributed by atoms with Crippen molar-refractivity contribution >= 4 is 17.7 Å². The van der Waals surface area contributed by atoms with E-state index >= 15 is 0 Å². The van der Waals surface area contributed by atoms with E-state index in [9.17, 15) is 4.79 Å². The Labute approximate surface area is 134 Å². The Hall–Kier alpha value is -2.25. The molecule has 1 heterocycles. The lowest BCUT2D eigenvalue weighted by Gasteiger charge is -2.29. The van der Waals surface area contributed by atoms with E-state index < -0.39 is 0 Å². The fourth-order valence-electron chi connectivity index (χ4n) is 2.72. The van der Waals surface area contributed by atoms with Crippen LogP contribution in [0.1, 0.15) is 21.5 Å². The summed E-state index contributed by atoms with van der Waals surface area (Å²) in [5.74, 6) is 0.406. The first-order valence-corrected chi connectivity index (χ1v) is 8.23. The van der Waals surface area contributed by atoms with Gasteiger partial charge in [-0.15, -0.1) is 11.8 Å². The van der Waals surface area contributed by atoms with Crippen molar-refractivity contribution in [2.75, 3.05) is 12.3 Å². The van der Waals surface area contributed by atoms with Crippen LogP contribution in [-0.4, -0.2) is 23.1 Å². The molecule has 3 nitrogen and oxygen atoms in total. The number of carbonyl (C=O) groups is 1. The largest absolute Gasteiger partial charge is 0.334 e. The van der Waals surface area contributed by atoms with Crippen LogP contribution in [0.3, 0.4) is 0 Å². The molecule has 0 aromatic heterocycles. The zero-order valence-electron chi connectivity index (χ0n) is 12.2. The Morgan fingerprint density at radius 3 is 2.68 bits per heavy atom. The summed E-state index contributed by atoms with van der Waals surface area (Å²) >= 11 is 1.42. The maximum Gasteiger partial charge on any atom is 0.255 e. The first kappa shape index (κ1) is 14.7. The van der Waals surface area contributed by atoms with Crippen molar-refractivity contribution in [3.63, 3.8) is 0 Å². The van der Waals surface area contributed by atoms with E-state index in [1.54, 1.807) is 0 Å². The third-order valence-corrected chi connectivity index (χ3v) is 4.77. The number of nitriles is 1. The minimum Gasteiger partial charge on any atom is -0.334 e. The molecular weight excluding hydrogens is 292 g/mol. The van der Waals surface area contributed by atoms with Crippen molar-refractivity contribution in [3.8, 4) is 6.07 Å². The fraction of sp³-hybridized carbons (Fsp3) is 0.222. The summed E-state index contributed by atoms with van der Waals surface area (Å²) in [5, 5.41) is 8.75. The molecule has 110 valence electrons. The summed E-state index contributed by atoms with van der Waals surface area (Å²) in [7, 11) is 0. The van der Waals surface area contributed by atoms with Crippen molar-refractivity contribution in [2.24, 2.45) is 0 Å². The van der Waals surface area contributed by atoms with Gasteiger partial charge in [0, 0.05) is 18.0 Å². The van der Waals surface area contributed by atoms with E-state index in [4.69, 9.17) is 5.26 Å². The maximum absolute atomic E-state index is 12.8. The molecule has 0 saturated heterocycles. The lowest BCUT2D eigenvalue weighted by Crippen LogP contribution is -2.36. The maximum atomic E-state index is 12.8.